The fourth-order valence-electron chi connectivity index (χ4n) is 3.24. The average Bonchev–Trinajstić information content (AvgIpc) is 2.82. The first-order chi connectivity index (χ1) is 7.65. The Morgan fingerprint density at radius 1 is 1.12 bits per heavy atom. The topological polar surface area (TPSA) is 0 Å². The zero-order valence-corrected chi connectivity index (χ0v) is 10.8. The van der Waals surface area contributed by atoms with Crippen molar-refractivity contribution in [2.24, 2.45) is 23.2 Å². The van der Waals surface area contributed by atoms with E-state index in [0.717, 1.165) is 11.8 Å². The van der Waals surface area contributed by atoms with Gasteiger partial charge in [0, 0.05) is 5.92 Å². The molecule has 88 valence electrons. The van der Waals surface area contributed by atoms with Crippen LogP contribution in [0.4, 0.5) is 0 Å². The summed E-state index contributed by atoms with van der Waals surface area (Å²) >= 11 is 0. The molecule has 0 N–H and O–H groups in total. The van der Waals surface area contributed by atoms with E-state index in [1.54, 1.807) is 0 Å². The van der Waals surface area contributed by atoms with Gasteiger partial charge in [-0.3, -0.25) is 0 Å². The molecule has 2 unspecified atom stereocenters. The smallest absolute Gasteiger partial charge is 0.00147 e. The predicted molar refractivity (Wildman–Crippen MR) is 71.2 cm³/mol. The van der Waals surface area contributed by atoms with Crippen molar-refractivity contribution >= 4 is 0 Å². The second-order valence-corrected chi connectivity index (χ2v) is 5.78. The molecule has 0 bridgehead atoms. The molecule has 0 spiro atoms. The highest BCUT2D eigenvalue weighted by molar-refractivity contribution is 5.23. The lowest BCUT2D eigenvalue weighted by Crippen LogP contribution is -2.38. The van der Waals surface area contributed by atoms with E-state index in [2.05, 4.69) is 57.2 Å². The second kappa shape index (κ2) is 4.61. The van der Waals surface area contributed by atoms with Crippen LogP contribution in [-0.4, -0.2) is 0 Å². The largest absolute Gasteiger partial charge is 0.0882 e. The van der Waals surface area contributed by atoms with E-state index < -0.39 is 0 Å². The summed E-state index contributed by atoms with van der Waals surface area (Å²) in [4.78, 5) is 0. The molecule has 0 nitrogen and oxygen atoms in total. The van der Waals surface area contributed by atoms with Gasteiger partial charge in [-0.25, -0.2) is 0 Å². The average molecular weight is 216 g/mol. The van der Waals surface area contributed by atoms with Gasteiger partial charge in [-0.15, -0.1) is 0 Å². The fourth-order valence-corrected chi connectivity index (χ4v) is 3.24. The van der Waals surface area contributed by atoms with E-state index in [-0.39, 0.29) is 0 Å². The number of rotatable bonds is 3. The predicted octanol–water partition coefficient (Wildman–Crippen LogP) is 4.75. The van der Waals surface area contributed by atoms with Gasteiger partial charge in [0.15, 0.2) is 0 Å². The van der Waals surface area contributed by atoms with Crippen LogP contribution in [-0.2, 0) is 0 Å². The minimum Gasteiger partial charge on any atom is -0.0882 e. The van der Waals surface area contributed by atoms with Crippen molar-refractivity contribution < 1.29 is 0 Å². The van der Waals surface area contributed by atoms with Crippen LogP contribution >= 0.6 is 0 Å². The van der Waals surface area contributed by atoms with Gasteiger partial charge in [-0.1, -0.05) is 57.2 Å². The van der Waals surface area contributed by atoms with Crippen LogP contribution in [0.2, 0.25) is 0 Å². The van der Waals surface area contributed by atoms with Gasteiger partial charge in [0.05, 0.1) is 0 Å². The molecular formula is C16H24. The molecule has 0 heterocycles. The third-order valence-corrected chi connectivity index (χ3v) is 4.76. The first-order valence-corrected chi connectivity index (χ1v) is 6.67. The summed E-state index contributed by atoms with van der Waals surface area (Å²) < 4.78 is 0. The van der Waals surface area contributed by atoms with E-state index in [1.807, 2.05) is 0 Å². The first kappa shape index (κ1) is 11.7. The number of hydrogen-bond acceptors (Lipinski definition) is 0. The summed E-state index contributed by atoms with van der Waals surface area (Å²) in [5, 5.41) is 0. The van der Waals surface area contributed by atoms with Gasteiger partial charge < -0.3 is 0 Å². The summed E-state index contributed by atoms with van der Waals surface area (Å²) in [6.07, 6.45) is 18.0. The number of allylic oxidation sites excluding steroid dienone is 6. The molecule has 2 atom stereocenters. The lowest BCUT2D eigenvalue weighted by Gasteiger charge is -2.44. The van der Waals surface area contributed by atoms with Crippen LogP contribution in [0.15, 0.2) is 36.5 Å². The van der Waals surface area contributed by atoms with Crippen molar-refractivity contribution in [1.29, 1.82) is 0 Å². The molecule has 0 saturated carbocycles. The van der Waals surface area contributed by atoms with Gasteiger partial charge in [-0.2, -0.15) is 0 Å². The molecule has 0 heteroatoms. The standard InChI is InChI=1S/C16H24/c1-13(2)16(3,15-11-7-8-12-15)14-9-5-4-6-10-14/h5,7-9,11-15H,4,6,10H2,1-3H3. The Bertz CT molecular complexity index is 307. The molecule has 0 radical (unpaired) electrons. The monoisotopic (exact) mass is 216 g/mol. The van der Waals surface area contributed by atoms with Gasteiger partial charge in [0.2, 0.25) is 0 Å². The van der Waals surface area contributed by atoms with Crippen LogP contribution in [0, 0.1) is 23.2 Å². The summed E-state index contributed by atoms with van der Waals surface area (Å²) in [6.45, 7) is 7.23. The van der Waals surface area contributed by atoms with Gasteiger partial charge in [0.25, 0.3) is 0 Å². The minimum absolute atomic E-state index is 0.389. The molecule has 2 aliphatic carbocycles. The Labute approximate surface area is 100 Å². The lowest BCUT2D eigenvalue weighted by atomic mass is 9.60. The molecule has 0 fully saturated rings. The Hall–Kier alpha value is -0.780. The van der Waals surface area contributed by atoms with E-state index in [9.17, 15) is 0 Å². The SMILES string of the molecule is CC(C)C(C)(C1C=CC=C1)C1C=CCCC1. The summed E-state index contributed by atoms with van der Waals surface area (Å²) in [7, 11) is 0. The maximum atomic E-state index is 2.48. The van der Waals surface area contributed by atoms with Crippen molar-refractivity contribution in [1.82, 2.24) is 0 Å². The zero-order valence-electron chi connectivity index (χ0n) is 10.8. The Kier molecular flexibility index (Phi) is 3.37. The van der Waals surface area contributed by atoms with Crippen LogP contribution in [0.5, 0.6) is 0 Å². The second-order valence-electron chi connectivity index (χ2n) is 5.78. The van der Waals surface area contributed by atoms with Crippen molar-refractivity contribution in [3.05, 3.63) is 36.5 Å². The Morgan fingerprint density at radius 3 is 2.31 bits per heavy atom. The quantitative estimate of drug-likeness (QED) is 0.597. The number of hydrogen-bond donors (Lipinski definition) is 0. The first-order valence-electron chi connectivity index (χ1n) is 6.67. The van der Waals surface area contributed by atoms with E-state index in [0.29, 0.717) is 11.3 Å². The highest BCUT2D eigenvalue weighted by Gasteiger charge is 2.41. The van der Waals surface area contributed by atoms with Crippen molar-refractivity contribution in [3.8, 4) is 0 Å². The maximum absolute atomic E-state index is 2.48. The third kappa shape index (κ3) is 1.90. The van der Waals surface area contributed by atoms with Crippen molar-refractivity contribution in [2.45, 2.75) is 40.0 Å². The van der Waals surface area contributed by atoms with Crippen LogP contribution in [0.3, 0.4) is 0 Å². The molecule has 2 aliphatic rings. The molecule has 0 saturated heterocycles. The molecule has 16 heavy (non-hydrogen) atoms. The van der Waals surface area contributed by atoms with E-state index in [4.69, 9.17) is 0 Å². The molecule has 0 aromatic carbocycles. The summed E-state index contributed by atoms with van der Waals surface area (Å²) in [6, 6.07) is 0. The zero-order chi connectivity index (χ0) is 11.6. The molecule has 0 amide bonds. The normalized spacial score (nSPS) is 28.9. The van der Waals surface area contributed by atoms with Crippen molar-refractivity contribution in [2.75, 3.05) is 0 Å². The summed E-state index contributed by atoms with van der Waals surface area (Å²) in [5.74, 6) is 2.09. The van der Waals surface area contributed by atoms with Gasteiger partial charge >= 0.3 is 0 Å². The van der Waals surface area contributed by atoms with Crippen LogP contribution in [0.1, 0.15) is 40.0 Å². The Balaban J connectivity index is 2.26. The molecule has 0 aromatic heterocycles. The lowest BCUT2D eigenvalue weighted by molar-refractivity contribution is 0.0994. The molecule has 0 aromatic rings. The maximum Gasteiger partial charge on any atom is 0.00147 e. The third-order valence-electron chi connectivity index (χ3n) is 4.76. The minimum atomic E-state index is 0.389. The Morgan fingerprint density at radius 2 is 1.81 bits per heavy atom. The van der Waals surface area contributed by atoms with Gasteiger partial charge in [0.1, 0.15) is 0 Å². The molecular weight excluding hydrogens is 192 g/mol. The van der Waals surface area contributed by atoms with Gasteiger partial charge in [-0.05, 0) is 36.5 Å². The molecule has 0 aliphatic heterocycles. The van der Waals surface area contributed by atoms with Crippen LogP contribution in [0.25, 0.3) is 0 Å². The van der Waals surface area contributed by atoms with Crippen molar-refractivity contribution in [3.63, 3.8) is 0 Å². The highest BCUT2D eigenvalue weighted by atomic mass is 14.4. The summed E-state index contributed by atoms with van der Waals surface area (Å²) in [5.41, 5.74) is 0.389. The molecule has 2 rings (SSSR count). The van der Waals surface area contributed by atoms with Crippen LogP contribution < -0.4 is 0 Å². The fraction of sp³-hybridized carbons (Fsp3) is 0.625. The van der Waals surface area contributed by atoms with E-state index >= 15 is 0 Å². The van der Waals surface area contributed by atoms with E-state index in [1.165, 1.54) is 19.3 Å². The highest BCUT2D eigenvalue weighted by Crippen LogP contribution is 2.48.